The van der Waals surface area contributed by atoms with Crippen LogP contribution in [0, 0.1) is 19.7 Å². The maximum absolute atomic E-state index is 13.7. The van der Waals surface area contributed by atoms with Gasteiger partial charge in [-0.15, -0.1) is 11.6 Å². The second-order valence-electron chi connectivity index (χ2n) is 5.02. The van der Waals surface area contributed by atoms with Gasteiger partial charge in [-0.2, -0.15) is 0 Å². The molecule has 0 saturated carbocycles. The molecule has 2 aromatic carbocycles. The zero-order valence-electron chi connectivity index (χ0n) is 11.6. The maximum Gasteiger partial charge on any atom is 0.129 e. The number of nitrogens with zero attached hydrogens (tertiary/aromatic N) is 2. The summed E-state index contributed by atoms with van der Waals surface area (Å²) in [5.41, 5.74) is 4.19. The fraction of sp³-hybridized carbons (Fsp3) is 0.188. The monoisotopic (exact) mass is 366 g/mol. The molecule has 3 aromatic rings. The first-order valence-electron chi connectivity index (χ1n) is 6.51. The first kappa shape index (κ1) is 14.5. The lowest BCUT2D eigenvalue weighted by Gasteiger charge is -2.12. The van der Waals surface area contributed by atoms with Gasteiger partial charge in [-0.1, -0.05) is 15.9 Å². The summed E-state index contributed by atoms with van der Waals surface area (Å²) in [4.78, 5) is 4.45. The van der Waals surface area contributed by atoms with Crippen LogP contribution in [-0.4, -0.2) is 9.55 Å². The molecule has 0 bridgehead atoms. The molecule has 0 N–H and O–H groups in total. The van der Waals surface area contributed by atoms with Gasteiger partial charge in [-0.3, -0.25) is 4.57 Å². The zero-order valence-corrected chi connectivity index (χ0v) is 14.0. The Morgan fingerprint density at radius 2 is 1.95 bits per heavy atom. The van der Waals surface area contributed by atoms with Gasteiger partial charge in [0.25, 0.3) is 0 Å². The zero-order chi connectivity index (χ0) is 15.1. The highest BCUT2D eigenvalue weighted by Gasteiger charge is 2.15. The number of hydrogen-bond donors (Lipinski definition) is 0. The second-order valence-corrected chi connectivity index (χ2v) is 6.20. The highest BCUT2D eigenvalue weighted by Crippen LogP contribution is 2.28. The van der Waals surface area contributed by atoms with Crippen LogP contribution in [-0.2, 0) is 5.88 Å². The average molecular weight is 368 g/mol. The van der Waals surface area contributed by atoms with Gasteiger partial charge in [-0.25, -0.2) is 9.37 Å². The van der Waals surface area contributed by atoms with E-state index in [-0.39, 0.29) is 11.7 Å². The maximum atomic E-state index is 13.7. The molecular weight excluding hydrogens is 355 g/mol. The Kier molecular flexibility index (Phi) is 3.76. The van der Waals surface area contributed by atoms with E-state index in [0.717, 1.165) is 21.2 Å². The van der Waals surface area contributed by atoms with Gasteiger partial charge in [0, 0.05) is 10.5 Å². The SMILES string of the molecule is Cc1cc2c(cc1F)nc(CCl)n2-c1ccc(Br)cc1C. The second kappa shape index (κ2) is 5.43. The van der Waals surface area contributed by atoms with Crippen LogP contribution in [0.5, 0.6) is 0 Å². The lowest BCUT2D eigenvalue weighted by Crippen LogP contribution is -2.01. The highest BCUT2D eigenvalue weighted by molar-refractivity contribution is 9.10. The minimum atomic E-state index is -0.249. The summed E-state index contributed by atoms with van der Waals surface area (Å²) < 4.78 is 16.8. The summed E-state index contributed by atoms with van der Waals surface area (Å²) in [6.07, 6.45) is 0. The molecule has 5 heteroatoms. The number of halogens is 3. The van der Waals surface area contributed by atoms with Crippen molar-refractivity contribution in [1.82, 2.24) is 9.55 Å². The quantitative estimate of drug-likeness (QED) is 0.563. The molecular formula is C16H13BrClFN2. The molecule has 21 heavy (non-hydrogen) atoms. The molecule has 0 aliphatic rings. The number of alkyl halides is 1. The van der Waals surface area contributed by atoms with E-state index in [1.54, 1.807) is 6.92 Å². The van der Waals surface area contributed by atoms with Gasteiger partial charge >= 0.3 is 0 Å². The van der Waals surface area contributed by atoms with Crippen LogP contribution < -0.4 is 0 Å². The number of hydrogen-bond acceptors (Lipinski definition) is 1. The Bertz CT molecular complexity index is 842. The molecule has 0 spiro atoms. The first-order chi connectivity index (χ1) is 10.0. The average Bonchev–Trinajstić information content (AvgIpc) is 2.77. The molecule has 0 aliphatic carbocycles. The van der Waals surface area contributed by atoms with Gasteiger partial charge in [0.05, 0.1) is 22.6 Å². The van der Waals surface area contributed by atoms with Crippen molar-refractivity contribution in [2.24, 2.45) is 0 Å². The van der Waals surface area contributed by atoms with Crippen LogP contribution in [0.1, 0.15) is 17.0 Å². The van der Waals surface area contributed by atoms with E-state index in [0.29, 0.717) is 16.9 Å². The Balaban J connectivity index is 2.37. The third kappa shape index (κ3) is 2.47. The van der Waals surface area contributed by atoms with Gasteiger partial charge in [-0.05, 0) is 49.2 Å². The van der Waals surface area contributed by atoms with E-state index in [1.165, 1.54) is 6.07 Å². The van der Waals surface area contributed by atoms with Crippen molar-refractivity contribution in [2.75, 3.05) is 0 Å². The summed E-state index contributed by atoms with van der Waals surface area (Å²) in [5, 5.41) is 0. The van der Waals surface area contributed by atoms with Crippen molar-refractivity contribution in [1.29, 1.82) is 0 Å². The van der Waals surface area contributed by atoms with Crippen LogP contribution in [0.3, 0.4) is 0 Å². The molecule has 0 aliphatic heterocycles. The highest BCUT2D eigenvalue weighted by atomic mass is 79.9. The van der Waals surface area contributed by atoms with Gasteiger partial charge in [0.15, 0.2) is 0 Å². The molecule has 3 rings (SSSR count). The Hall–Kier alpha value is -1.39. The number of imidazole rings is 1. The standard InChI is InChI=1S/C16H13BrClFN2/c1-9-6-15-13(7-12(9)19)20-16(8-18)21(15)14-4-3-11(17)5-10(14)2/h3-7H,8H2,1-2H3. The van der Waals surface area contributed by atoms with Crippen molar-refractivity contribution < 1.29 is 4.39 Å². The molecule has 0 saturated heterocycles. The molecule has 108 valence electrons. The fourth-order valence-corrected chi connectivity index (χ4v) is 3.14. The molecule has 1 heterocycles. The van der Waals surface area contributed by atoms with Gasteiger partial charge < -0.3 is 0 Å². The normalized spacial score (nSPS) is 11.3. The van der Waals surface area contributed by atoms with Crippen LogP contribution in [0.2, 0.25) is 0 Å². The van der Waals surface area contributed by atoms with E-state index in [9.17, 15) is 4.39 Å². The molecule has 2 nitrogen and oxygen atoms in total. The van der Waals surface area contributed by atoms with Crippen molar-refractivity contribution in [2.45, 2.75) is 19.7 Å². The third-order valence-electron chi connectivity index (χ3n) is 3.52. The summed E-state index contributed by atoms with van der Waals surface area (Å²) in [5.74, 6) is 0.730. The van der Waals surface area contributed by atoms with E-state index in [4.69, 9.17) is 11.6 Å². The summed E-state index contributed by atoms with van der Waals surface area (Å²) in [6, 6.07) is 9.30. The number of aromatic nitrogens is 2. The number of fused-ring (bicyclic) bond motifs is 1. The number of benzene rings is 2. The van der Waals surface area contributed by atoms with E-state index >= 15 is 0 Å². The first-order valence-corrected chi connectivity index (χ1v) is 7.84. The van der Waals surface area contributed by atoms with E-state index in [2.05, 4.69) is 20.9 Å². The number of rotatable bonds is 2. The minimum Gasteiger partial charge on any atom is -0.295 e. The Morgan fingerprint density at radius 1 is 1.19 bits per heavy atom. The third-order valence-corrected chi connectivity index (χ3v) is 4.26. The summed E-state index contributed by atoms with van der Waals surface area (Å²) >= 11 is 9.50. The van der Waals surface area contributed by atoms with Crippen molar-refractivity contribution in [3.63, 3.8) is 0 Å². The largest absolute Gasteiger partial charge is 0.295 e. The van der Waals surface area contributed by atoms with Crippen LogP contribution >= 0.6 is 27.5 Å². The van der Waals surface area contributed by atoms with Crippen molar-refractivity contribution in [3.8, 4) is 5.69 Å². The molecule has 1 aromatic heterocycles. The van der Waals surface area contributed by atoms with Crippen molar-refractivity contribution >= 4 is 38.6 Å². The minimum absolute atomic E-state index is 0.249. The smallest absolute Gasteiger partial charge is 0.129 e. The Labute approximate surface area is 135 Å². The molecule has 0 radical (unpaired) electrons. The lowest BCUT2D eigenvalue weighted by atomic mass is 10.1. The lowest BCUT2D eigenvalue weighted by molar-refractivity contribution is 0.620. The molecule has 0 atom stereocenters. The topological polar surface area (TPSA) is 17.8 Å². The van der Waals surface area contributed by atoms with Crippen molar-refractivity contribution in [3.05, 3.63) is 57.6 Å². The van der Waals surface area contributed by atoms with Crippen LogP contribution in [0.25, 0.3) is 16.7 Å². The van der Waals surface area contributed by atoms with E-state index in [1.807, 2.05) is 35.8 Å². The Morgan fingerprint density at radius 3 is 2.62 bits per heavy atom. The van der Waals surface area contributed by atoms with E-state index < -0.39 is 0 Å². The molecule has 0 fully saturated rings. The molecule has 0 amide bonds. The summed E-state index contributed by atoms with van der Waals surface area (Å²) in [6.45, 7) is 3.78. The van der Waals surface area contributed by atoms with Gasteiger partial charge in [0.2, 0.25) is 0 Å². The molecule has 0 unspecified atom stereocenters. The predicted molar refractivity (Wildman–Crippen MR) is 87.8 cm³/mol. The predicted octanol–water partition coefficient (Wildman–Crippen LogP) is 5.28. The fourth-order valence-electron chi connectivity index (χ4n) is 2.48. The van der Waals surface area contributed by atoms with Crippen LogP contribution in [0.4, 0.5) is 4.39 Å². The van der Waals surface area contributed by atoms with Crippen LogP contribution in [0.15, 0.2) is 34.8 Å². The van der Waals surface area contributed by atoms with Gasteiger partial charge in [0.1, 0.15) is 11.6 Å². The number of aryl methyl sites for hydroxylation is 2. The summed E-state index contributed by atoms with van der Waals surface area (Å²) in [7, 11) is 0.